The highest BCUT2D eigenvalue weighted by Gasteiger charge is 2.25. The first-order valence-corrected chi connectivity index (χ1v) is 5.51. The summed E-state index contributed by atoms with van der Waals surface area (Å²) in [4.78, 5) is 16.9. The van der Waals surface area contributed by atoms with Gasteiger partial charge >= 0.3 is 5.97 Å². The molecule has 0 aromatic heterocycles. The van der Waals surface area contributed by atoms with Crippen LogP contribution in [0.4, 0.5) is 0 Å². The van der Waals surface area contributed by atoms with Crippen LogP contribution in [0.3, 0.4) is 0 Å². The van der Waals surface area contributed by atoms with Crippen LogP contribution in [0.5, 0.6) is 5.75 Å². The lowest BCUT2D eigenvalue weighted by atomic mass is 10.1. The summed E-state index contributed by atoms with van der Waals surface area (Å²) in [5.74, 6) is 0.270. The minimum atomic E-state index is -0.517. The topological polar surface area (TPSA) is 47.9 Å². The van der Waals surface area contributed by atoms with E-state index in [1.807, 2.05) is 45.0 Å². The summed E-state index contributed by atoms with van der Waals surface area (Å²) in [7, 11) is 0. The number of esters is 1. The smallest absolute Gasteiger partial charge is 0.357 e. The van der Waals surface area contributed by atoms with Gasteiger partial charge in [-0.1, -0.05) is 23.4 Å². The molecule has 0 N–H and O–H groups in total. The van der Waals surface area contributed by atoms with Crippen molar-refractivity contribution < 1.29 is 14.4 Å². The Bertz CT molecular complexity index is 472. The monoisotopic (exact) mass is 233 g/mol. The minimum absolute atomic E-state index is 0.304. The van der Waals surface area contributed by atoms with E-state index in [-0.39, 0.29) is 0 Å². The second-order valence-corrected chi connectivity index (χ2v) is 4.92. The Balaban J connectivity index is 2.12. The van der Waals surface area contributed by atoms with Gasteiger partial charge in [-0.15, -0.1) is 0 Å². The van der Waals surface area contributed by atoms with Crippen LogP contribution in [-0.2, 0) is 16.0 Å². The van der Waals surface area contributed by atoms with Gasteiger partial charge in [-0.2, -0.15) is 0 Å². The molecule has 0 amide bonds. The lowest BCUT2D eigenvalue weighted by Gasteiger charge is -2.21. The molecule has 0 radical (unpaired) electrons. The molecule has 2 rings (SSSR count). The Hall–Kier alpha value is -1.84. The minimum Gasteiger partial charge on any atom is -0.455 e. The molecular formula is C13H15NO3. The summed E-state index contributed by atoms with van der Waals surface area (Å²) >= 11 is 0. The van der Waals surface area contributed by atoms with E-state index in [4.69, 9.17) is 9.57 Å². The molecule has 4 nitrogen and oxygen atoms in total. The molecule has 0 unspecified atom stereocenters. The molecule has 1 aliphatic heterocycles. The molecule has 0 atom stereocenters. The van der Waals surface area contributed by atoms with Crippen molar-refractivity contribution >= 4 is 11.7 Å². The van der Waals surface area contributed by atoms with Crippen molar-refractivity contribution in [2.45, 2.75) is 32.8 Å². The van der Waals surface area contributed by atoms with Crippen LogP contribution >= 0.6 is 0 Å². The number of nitrogens with zero attached hydrogens (tertiary/aromatic N) is 1. The van der Waals surface area contributed by atoms with Crippen molar-refractivity contribution in [1.29, 1.82) is 0 Å². The molecule has 0 bridgehead atoms. The molecule has 0 aliphatic carbocycles. The first-order valence-electron chi connectivity index (χ1n) is 5.51. The normalized spacial score (nSPS) is 14.4. The van der Waals surface area contributed by atoms with E-state index in [2.05, 4.69) is 5.16 Å². The van der Waals surface area contributed by atoms with Crippen LogP contribution in [0, 0.1) is 0 Å². The van der Waals surface area contributed by atoms with Gasteiger partial charge in [0.25, 0.3) is 0 Å². The molecule has 1 aromatic rings. The fourth-order valence-electron chi connectivity index (χ4n) is 1.50. The fraction of sp³-hybridized carbons (Fsp3) is 0.385. The van der Waals surface area contributed by atoms with Crippen LogP contribution < -0.4 is 4.84 Å². The molecular weight excluding hydrogens is 218 g/mol. The molecule has 0 saturated heterocycles. The summed E-state index contributed by atoms with van der Waals surface area (Å²) in [6.45, 7) is 5.47. The maximum absolute atomic E-state index is 11.8. The third kappa shape index (κ3) is 2.84. The van der Waals surface area contributed by atoms with Crippen molar-refractivity contribution in [1.82, 2.24) is 0 Å². The number of carbonyl (C=O) groups excluding carboxylic acids is 1. The number of oxime groups is 1. The number of fused-ring (bicyclic) bond motifs is 1. The lowest BCUT2D eigenvalue weighted by Crippen LogP contribution is -2.31. The van der Waals surface area contributed by atoms with Crippen molar-refractivity contribution in [2.75, 3.05) is 0 Å². The highest BCUT2D eigenvalue weighted by Crippen LogP contribution is 2.23. The van der Waals surface area contributed by atoms with Gasteiger partial charge in [-0.25, -0.2) is 4.79 Å². The van der Waals surface area contributed by atoms with Crippen LogP contribution in [0.25, 0.3) is 0 Å². The van der Waals surface area contributed by atoms with Crippen molar-refractivity contribution in [3.8, 4) is 5.75 Å². The molecule has 90 valence electrons. The summed E-state index contributed by atoms with van der Waals surface area (Å²) in [5.41, 5.74) is 0.735. The van der Waals surface area contributed by atoms with Gasteiger partial charge in [-0.3, -0.25) is 0 Å². The Morgan fingerprint density at radius 3 is 2.76 bits per heavy atom. The third-order valence-electron chi connectivity index (χ3n) is 2.22. The molecule has 4 heteroatoms. The largest absolute Gasteiger partial charge is 0.455 e. The Labute approximate surface area is 100 Å². The molecule has 1 aliphatic rings. The SMILES string of the molecule is CC(C)(C)OC(=O)C1=NOc2ccccc2C1. The summed E-state index contributed by atoms with van der Waals surface area (Å²) in [6.07, 6.45) is 0.449. The number of rotatable bonds is 1. The number of ether oxygens (including phenoxy) is 1. The van der Waals surface area contributed by atoms with Crippen LogP contribution in [0.15, 0.2) is 29.4 Å². The molecule has 1 heterocycles. The second kappa shape index (κ2) is 4.20. The molecule has 0 saturated carbocycles. The van der Waals surface area contributed by atoms with Crippen molar-refractivity contribution in [2.24, 2.45) is 5.16 Å². The van der Waals surface area contributed by atoms with Crippen LogP contribution in [0.2, 0.25) is 0 Å². The van der Waals surface area contributed by atoms with E-state index in [1.54, 1.807) is 0 Å². The van der Waals surface area contributed by atoms with E-state index in [0.717, 1.165) is 5.56 Å². The Morgan fingerprint density at radius 2 is 2.06 bits per heavy atom. The van der Waals surface area contributed by atoms with Gasteiger partial charge < -0.3 is 9.57 Å². The van der Waals surface area contributed by atoms with Crippen molar-refractivity contribution in [3.63, 3.8) is 0 Å². The first kappa shape index (κ1) is 11.6. The number of benzene rings is 1. The quantitative estimate of drug-likeness (QED) is 0.699. The molecule has 0 fully saturated rings. The van der Waals surface area contributed by atoms with Gasteiger partial charge in [0.15, 0.2) is 11.5 Å². The standard InChI is InChI=1S/C13H15NO3/c1-13(2,3)16-12(15)10-8-9-6-4-5-7-11(9)17-14-10/h4-7H,8H2,1-3H3. The Morgan fingerprint density at radius 1 is 1.35 bits per heavy atom. The maximum atomic E-state index is 11.8. The van der Waals surface area contributed by atoms with Gasteiger partial charge in [0.2, 0.25) is 0 Å². The zero-order valence-corrected chi connectivity index (χ0v) is 10.2. The highest BCUT2D eigenvalue weighted by atomic mass is 16.6. The summed E-state index contributed by atoms with van der Waals surface area (Å²) < 4.78 is 5.24. The van der Waals surface area contributed by atoms with Gasteiger partial charge in [0.1, 0.15) is 5.60 Å². The first-order chi connectivity index (χ1) is 7.96. The average molecular weight is 233 g/mol. The molecule has 0 spiro atoms. The Kier molecular flexibility index (Phi) is 2.88. The van der Waals surface area contributed by atoms with Crippen LogP contribution in [0.1, 0.15) is 26.3 Å². The van der Waals surface area contributed by atoms with E-state index in [9.17, 15) is 4.79 Å². The van der Waals surface area contributed by atoms with E-state index < -0.39 is 11.6 Å². The average Bonchev–Trinajstić information content (AvgIpc) is 2.26. The second-order valence-electron chi connectivity index (χ2n) is 4.92. The van der Waals surface area contributed by atoms with Crippen molar-refractivity contribution in [3.05, 3.63) is 29.8 Å². The van der Waals surface area contributed by atoms with E-state index in [1.165, 1.54) is 0 Å². The van der Waals surface area contributed by atoms with Gasteiger partial charge in [0.05, 0.1) is 0 Å². The highest BCUT2D eigenvalue weighted by molar-refractivity contribution is 6.37. The zero-order valence-electron chi connectivity index (χ0n) is 10.2. The third-order valence-corrected chi connectivity index (χ3v) is 2.22. The van der Waals surface area contributed by atoms with Crippen LogP contribution in [-0.4, -0.2) is 17.3 Å². The van der Waals surface area contributed by atoms with E-state index in [0.29, 0.717) is 17.9 Å². The van der Waals surface area contributed by atoms with Gasteiger partial charge in [0, 0.05) is 12.0 Å². The van der Waals surface area contributed by atoms with Gasteiger partial charge in [-0.05, 0) is 26.8 Å². The summed E-state index contributed by atoms with van der Waals surface area (Å²) in [5, 5.41) is 3.80. The predicted molar refractivity (Wildman–Crippen MR) is 64.1 cm³/mol. The number of para-hydroxylation sites is 1. The lowest BCUT2D eigenvalue weighted by molar-refractivity contribution is -0.146. The molecule has 17 heavy (non-hydrogen) atoms. The molecule has 1 aromatic carbocycles. The fourth-order valence-corrected chi connectivity index (χ4v) is 1.50. The maximum Gasteiger partial charge on any atom is 0.357 e. The zero-order chi connectivity index (χ0) is 12.5. The van der Waals surface area contributed by atoms with E-state index >= 15 is 0 Å². The predicted octanol–water partition coefficient (Wildman–Crippen LogP) is 2.32. The number of hydrogen-bond acceptors (Lipinski definition) is 4. The number of carbonyl (C=O) groups is 1. The number of hydrogen-bond donors (Lipinski definition) is 0. The summed E-state index contributed by atoms with van der Waals surface area (Å²) in [6, 6.07) is 7.51.